The molecule has 3 aromatic rings. The number of hydrogen-bond acceptors (Lipinski definition) is 4. The SMILES string of the molecule is COCc1nn(-c2ccccc2)c2sc(C(=O)O)cc12. The van der Waals surface area contributed by atoms with Gasteiger partial charge < -0.3 is 9.84 Å². The molecule has 3 rings (SSSR count). The van der Waals surface area contributed by atoms with Gasteiger partial charge in [-0.3, -0.25) is 0 Å². The summed E-state index contributed by atoms with van der Waals surface area (Å²) >= 11 is 1.22. The van der Waals surface area contributed by atoms with Gasteiger partial charge in [0.2, 0.25) is 0 Å². The first kappa shape index (κ1) is 12.8. The Hall–Kier alpha value is -2.18. The van der Waals surface area contributed by atoms with E-state index in [0.717, 1.165) is 21.6 Å². The number of benzene rings is 1. The van der Waals surface area contributed by atoms with Crippen molar-refractivity contribution in [3.05, 3.63) is 47.0 Å². The fourth-order valence-corrected chi connectivity index (χ4v) is 3.05. The monoisotopic (exact) mass is 288 g/mol. The van der Waals surface area contributed by atoms with Crippen LogP contribution in [0.4, 0.5) is 0 Å². The molecule has 0 aliphatic carbocycles. The van der Waals surface area contributed by atoms with E-state index in [0.29, 0.717) is 11.5 Å². The van der Waals surface area contributed by atoms with Crippen LogP contribution in [0.1, 0.15) is 15.4 Å². The number of methoxy groups -OCH3 is 1. The van der Waals surface area contributed by atoms with Crippen molar-refractivity contribution in [2.75, 3.05) is 7.11 Å². The second-order valence-corrected chi connectivity index (χ2v) is 5.29. The lowest BCUT2D eigenvalue weighted by atomic mass is 10.3. The Morgan fingerprint density at radius 2 is 2.15 bits per heavy atom. The third-order valence-corrected chi connectivity index (χ3v) is 4.03. The summed E-state index contributed by atoms with van der Waals surface area (Å²) in [6.07, 6.45) is 0. The van der Waals surface area contributed by atoms with E-state index in [1.807, 2.05) is 30.3 Å². The minimum absolute atomic E-state index is 0.305. The Kier molecular flexibility index (Phi) is 3.25. The molecule has 1 aromatic carbocycles. The van der Waals surface area contributed by atoms with E-state index in [4.69, 9.17) is 9.84 Å². The first-order chi connectivity index (χ1) is 9.70. The molecule has 0 unspecified atom stereocenters. The summed E-state index contributed by atoms with van der Waals surface area (Å²) in [4.78, 5) is 12.3. The van der Waals surface area contributed by atoms with Crippen LogP contribution in [-0.2, 0) is 11.3 Å². The minimum atomic E-state index is -0.922. The van der Waals surface area contributed by atoms with Gasteiger partial charge in [-0.05, 0) is 18.2 Å². The highest BCUT2D eigenvalue weighted by atomic mass is 32.1. The molecule has 2 aromatic heterocycles. The van der Waals surface area contributed by atoms with E-state index in [2.05, 4.69) is 5.10 Å². The lowest BCUT2D eigenvalue weighted by Gasteiger charge is -2.01. The summed E-state index contributed by atoms with van der Waals surface area (Å²) in [5.74, 6) is -0.922. The first-order valence-corrected chi connectivity index (χ1v) is 6.81. The van der Waals surface area contributed by atoms with Crippen LogP contribution in [0.2, 0.25) is 0 Å². The van der Waals surface area contributed by atoms with Crippen LogP contribution in [0, 0.1) is 0 Å². The van der Waals surface area contributed by atoms with Crippen LogP contribution < -0.4 is 0 Å². The number of ether oxygens (including phenoxy) is 1. The summed E-state index contributed by atoms with van der Waals surface area (Å²) < 4.78 is 6.90. The Bertz CT molecular complexity index is 761. The zero-order chi connectivity index (χ0) is 14.1. The molecule has 1 N–H and O–H groups in total. The van der Waals surface area contributed by atoms with Crippen molar-refractivity contribution in [2.24, 2.45) is 0 Å². The van der Waals surface area contributed by atoms with Gasteiger partial charge >= 0.3 is 5.97 Å². The standard InChI is InChI=1S/C14H12N2O3S/c1-19-8-11-10-7-12(14(17)18)20-13(10)16(15-11)9-5-3-2-4-6-9/h2-7H,8H2,1H3,(H,17,18). The lowest BCUT2D eigenvalue weighted by Crippen LogP contribution is -1.98. The molecule has 0 spiro atoms. The molecule has 20 heavy (non-hydrogen) atoms. The number of para-hydroxylation sites is 1. The van der Waals surface area contributed by atoms with Crippen molar-refractivity contribution in [2.45, 2.75) is 6.61 Å². The van der Waals surface area contributed by atoms with Gasteiger partial charge in [0, 0.05) is 12.5 Å². The quantitative estimate of drug-likeness (QED) is 0.801. The molecule has 0 atom stereocenters. The third-order valence-electron chi connectivity index (χ3n) is 2.93. The van der Waals surface area contributed by atoms with Crippen LogP contribution in [0.3, 0.4) is 0 Å². The summed E-state index contributed by atoms with van der Waals surface area (Å²) in [6, 6.07) is 11.3. The number of carbonyl (C=O) groups is 1. The van der Waals surface area contributed by atoms with E-state index in [9.17, 15) is 4.79 Å². The zero-order valence-corrected chi connectivity index (χ0v) is 11.6. The van der Waals surface area contributed by atoms with Crippen LogP contribution in [0.5, 0.6) is 0 Å². The van der Waals surface area contributed by atoms with Gasteiger partial charge in [-0.2, -0.15) is 5.10 Å². The Morgan fingerprint density at radius 1 is 1.40 bits per heavy atom. The molecule has 0 radical (unpaired) electrons. The summed E-state index contributed by atoms with van der Waals surface area (Å²) in [7, 11) is 1.60. The summed E-state index contributed by atoms with van der Waals surface area (Å²) in [5, 5.41) is 14.5. The number of aromatic carboxylic acids is 1. The molecule has 0 saturated carbocycles. The van der Waals surface area contributed by atoms with E-state index in [1.54, 1.807) is 17.9 Å². The maximum absolute atomic E-state index is 11.1. The molecular formula is C14H12N2O3S. The van der Waals surface area contributed by atoms with Crippen LogP contribution in [0.25, 0.3) is 15.9 Å². The molecule has 102 valence electrons. The van der Waals surface area contributed by atoms with Crippen molar-refractivity contribution < 1.29 is 14.6 Å². The van der Waals surface area contributed by atoms with Crippen molar-refractivity contribution in [1.29, 1.82) is 0 Å². The average molecular weight is 288 g/mol. The van der Waals surface area contributed by atoms with E-state index < -0.39 is 5.97 Å². The molecule has 0 amide bonds. The highest BCUT2D eigenvalue weighted by Gasteiger charge is 2.18. The number of rotatable bonds is 4. The predicted molar refractivity (Wildman–Crippen MR) is 76.6 cm³/mol. The van der Waals surface area contributed by atoms with Gasteiger partial charge in [0.1, 0.15) is 9.71 Å². The second kappa shape index (κ2) is 5.07. The molecule has 0 saturated heterocycles. The van der Waals surface area contributed by atoms with Gasteiger partial charge in [-0.1, -0.05) is 18.2 Å². The Labute approximate surface area is 119 Å². The topological polar surface area (TPSA) is 64.4 Å². The number of aromatic nitrogens is 2. The normalized spacial score (nSPS) is 11.1. The van der Waals surface area contributed by atoms with Crippen molar-refractivity contribution >= 4 is 27.5 Å². The Morgan fingerprint density at radius 3 is 2.80 bits per heavy atom. The maximum Gasteiger partial charge on any atom is 0.345 e. The molecule has 0 aliphatic heterocycles. The third kappa shape index (κ3) is 2.09. The van der Waals surface area contributed by atoms with Gasteiger partial charge in [-0.15, -0.1) is 11.3 Å². The minimum Gasteiger partial charge on any atom is -0.477 e. The predicted octanol–water partition coefficient (Wildman–Crippen LogP) is 2.93. The molecular weight excluding hydrogens is 276 g/mol. The number of nitrogens with zero attached hydrogens (tertiary/aromatic N) is 2. The number of fused-ring (bicyclic) bond motifs is 1. The average Bonchev–Trinajstić information content (AvgIpc) is 3.01. The molecule has 0 aliphatic rings. The van der Waals surface area contributed by atoms with E-state index >= 15 is 0 Å². The number of thiophene rings is 1. The fraction of sp³-hybridized carbons (Fsp3) is 0.143. The first-order valence-electron chi connectivity index (χ1n) is 6.00. The maximum atomic E-state index is 11.1. The van der Waals surface area contributed by atoms with E-state index in [-0.39, 0.29) is 0 Å². The number of carboxylic acid groups (broad SMARTS) is 1. The lowest BCUT2D eigenvalue weighted by molar-refractivity contribution is 0.0702. The highest BCUT2D eigenvalue weighted by molar-refractivity contribution is 7.20. The number of carboxylic acids is 1. The van der Waals surface area contributed by atoms with Gasteiger partial charge in [-0.25, -0.2) is 9.48 Å². The molecule has 5 nitrogen and oxygen atoms in total. The summed E-state index contributed by atoms with van der Waals surface area (Å²) in [6.45, 7) is 0.353. The van der Waals surface area contributed by atoms with Crippen LogP contribution in [-0.4, -0.2) is 28.0 Å². The Balaban J connectivity index is 2.23. The summed E-state index contributed by atoms with van der Waals surface area (Å²) in [5.41, 5.74) is 1.65. The van der Waals surface area contributed by atoms with Crippen molar-refractivity contribution in [3.8, 4) is 5.69 Å². The fourth-order valence-electron chi connectivity index (χ4n) is 2.06. The van der Waals surface area contributed by atoms with Crippen LogP contribution in [0.15, 0.2) is 36.4 Å². The van der Waals surface area contributed by atoms with Crippen molar-refractivity contribution in [3.63, 3.8) is 0 Å². The largest absolute Gasteiger partial charge is 0.477 e. The highest BCUT2D eigenvalue weighted by Crippen LogP contribution is 2.31. The smallest absolute Gasteiger partial charge is 0.345 e. The molecule has 0 bridgehead atoms. The second-order valence-electron chi connectivity index (χ2n) is 4.26. The zero-order valence-electron chi connectivity index (χ0n) is 10.7. The molecule has 0 fully saturated rings. The molecule has 6 heteroatoms. The number of hydrogen-bond donors (Lipinski definition) is 1. The van der Waals surface area contributed by atoms with E-state index in [1.165, 1.54) is 11.3 Å². The van der Waals surface area contributed by atoms with Gasteiger partial charge in [0.05, 0.1) is 18.0 Å². The van der Waals surface area contributed by atoms with Crippen LogP contribution >= 0.6 is 11.3 Å². The molecule has 2 heterocycles. The van der Waals surface area contributed by atoms with Crippen molar-refractivity contribution in [1.82, 2.24) is 9.78 Å². The van der Waals surface area contributed by atoms with Gasteiger partial charge in [0.25, 0.3) is 0 Å². The van der Waals surface area contributed by atoms with Gasteiger partial charge in [0.15, 0.2) is 0 Å².